The summed E-state index contributed by atoms with van der Waals surface area (Å²) in [5, 5.41) is 14.6. The molecule has 1 aliphatic carbocycles. The van der Waals surface area contributed by atoms with Crippen LogP contribution >= 0.6 is 0 Å². The van der Waals surface area contributed by atoms with Gasteiger partial charge in [-0.2, -0.15) is 0 Å². The third-order valence-corrected chi connectivity index (χ3v) is 3.02. The minimum absolute atomic E-state index is 0.318. The molecule has 0 heterocycles. The molecule has 1 saturated carbocycles. The van der Waals surface area contributed by atoms with Crippen LogP contribution in [0.1, 0.15) is 33.1 Å². The van der Waals surface area contributed by atoms with Crippen LogP contribution in [0.15, 0.2) is 5.16 Å². The van der Waals surface area contributed by atoms with E-state index in [2.05, 4.69) is 24.3 Å². The van der Waals surface area contributed by atoms with Crippen LogP contribution in [0.5, 0.6) is 0 Å². The van der Waals surface area contributed by atoms with Gasteiger partial charge in [0.15, 0.2) is 0 Å². The summed E-state index contributed by atoms with van der Waals surface area (Å²) in [5.74, 6) is 1.16. The maximum Gasteiger partial charge on any atom is 0.139 e. The van der Waals surface area contributed by atoms with E-state index in [0.29, 0.717) is 17.7 Å². The fourth-order valence-corrected chi connectivity index (χ4v) is 1.65. The summed E-state index contributed by atoms with van der Waals surface area (Å²) >= 11 is 0. The first-order valence-corrected chi connectivity index (χ1v) is 5.23. The van der Waals surface area contributed by atoms with Gasteiger partial charge in [-0.1, -0.05) is 19.0 Å². The standard InChI is InChI=1S/C10H21N3O/c1-10(2)6-8(10)7-12-5-3-4-9(11)13-14/h8,12,14H,3-7H2,1-2H3,(H2,11,13). The van der Waals surface area contributed by atoms with E-state index in [9.17, 15) is 0 Å². The number of hydrogen-bond acceptors (Lipinski definition) is 3. The molecule has 0 aromatic heterocycles. The molecule has 82 valence electrons. The molecule has 0 amide bonds. The van der Waals surface area contributed by atoms with Crippen molar-refractivity contribution in [3.8, 4) is 0 Å². The maximum atomic E-state index is 8.30. The van der Waals surface area contributed by atoms with Crippen LogP contribution in [0.25, 0.3) is 0 Å². The Morgan fingerprint density at radius 1 is 1.64 bits per heavy atom. The summed E-state index contributed by atoms with van der Waals surface area (Å²) in [6.07, 6.45) is 2.93. The van der Waals surface area contributed by atoms with Gasteiger partial charge < -0.3 is 16.3 Å². The lowest BCUT2D eigenvalue weighted by atomic mass is 10.1. The molecule has 1 rings (SSSR count). The van der Waals surface area contributed by atoms with Crippen LogP contribution in [0.4, 0.5) is 0 Å². The molecule has 0 aromatic rings. The lowest BCUT2D eigenvalue weighted by Gasteiger charge is -2.05. The first-order valence-electron chi connectivity index (χ1n) is 5.23. The molecule has 4 nitrogen and oxygen atoms in total. The lowest BCUT2D eigenvalue weighted by Crippen LogP contribution is -2.21. The maximum absolute atomic E-state index is 8.30. The summed E-state index contributed by atoms with van der Waals surface area (Å²) in [7, 11) is 0. The van der Waals surface area contributed by atoms with E-state index in [1.165, 1.54) is 6.42 Å². The van der Waals surface area contributed by atoms with Gasteiger partial charge in [-0.25, -0.2) is 0 Å². The molecule has 0 spiro atoms. The first-order chi connectivity index (χ1) is 6.56. The third-order valence-electron chi connectivity index (χ3n) is 3.02. The molecule has 1 fully saturated rings. The van der Waals surface area contributed by atoms with E-state index in [-0.39, 0.29) is 0 Å². The van der Waals surface area contributed by atoms with Gasteiger partial charge >= 0.3 is 0 Å². The Kier molecular flexibility index (Phi) is 3.75. The number of amidine groups is 1. The summed E-state index contributed by atoms with van der Waals surface area (Å²) in [6.45, 7) is 6.65. The predicted molar refractivity (Wildman–Crippen MR) is 57.4 cm³/mol. The van der Waals surface area contributed by atoms with E-state index < -0.39 is 0 Å². The second-order valence-corrected chi connectivity index (χ2v) is 4.79. The normalized spacial score (nSPS) is 25.0. The Morgan fingerprint density at radius 3 is 2.79 bits per heavy atom. The first kappa shape index (κ1) is 11.3. The molecule has 1 aliphatic rings. The Bertz CT molecular complexity index is 213. The van der Waals surface area contributed by atoms with Gasteiger partial charge in [-0.3, -0.25) is 0 Å². The highest BCUT2D eigenvalue weighted by Gasteiger charge is 2.44. The quantitative estimate of drug-likeness (QED) is 0.197. The Labute approximate surface area is 85.6 Å². The molecule has 4 N–H and O–H groups in total. The molecule has 1 unspecified atom stereocenters. The van der Waals surface area contributed by atoms with Crippen LogP contribution in [-0.4, -0.2) is 24.1 Å². The summed E-state index contributed by atoms with van der Waals surface area (Å²) in [4.78, 5) is 0. The van der Waals surface area contributed by atoms with Crippen LogP contribution in [0, 0.1) is 11.3 Å². The van der Waals surface area contributed by atoms with Gasteiger partial charge in [-0.05, 0) is 37.3 Å². The van der Waals surface area contributed by atoms with E-state index in [0.717, 1.165) is 25.4 Å². The molecule has 0 bridgehead atoms. The van der Waals surface area contributed by atoms with Crippen LogP contribution in [0.2, 0.25) is 0 Å². The molecular formula is C10H21N3O. The SMILES string of the molecule is CC1(C)CC1CNCCCC(N)=NO. The molecule has 0 aliphatic heterocycles. The smallest absolute Gasteiger partial charge is 0.139 e. The molecule has 0 radical (unpaired) electrons. The molecular weight excluding hydrogens is 178 g/mol. The minimum Gasteiger partial charge on any atom is -0.409 e. The van der Waals surface area contributed by atoms with E-state index in [1.807, 2.05) is 0 Å². The zero-order valence-corrected chi connectivity index (χ0v) is 9.08. The molecule has 14 heavy (non-hydrogen) atoms. The van der Waals surface area contributed by atoms with E-state index in [4.69, 9.17) is 10.9 Å². The largest absolute Gasteiger partial charge is 0.409 e. The average Bonchev–Trinajstić information content (AvgIpc) is 2.73. The van der Waals surface area contributed by atoms with Crippen molar-refractivity contribution >= 4 is 5.84 Å². The van der Waals surface area contributed by atoms with Gasteiger partial charge in [0.25, 0.3) is 0 Å². The molecule has 1 atom stereocenters. The van der Waals surface area contributed by atoms with Crippen molar-refractivity contribution in [2.45, 2.75) is 33.1 Å². The van der Waals surface area contributed by atoms with Gasteiger partial charge in [0, 0.05) is 6.42 Å². The van der Waals surface area contributed by atoms with Crippen LogP contribution in [0.3, 0.4) is 0 Å². The number of rotatable bonds is 6. The van der Waals surface area contributed by atoms with Gasteiger partial charge in [-0.15, -0.1) is 0 Å². The zero-order chi connectivity index (χ0) is 10.6. The van der Waals surface area contributed by atoms with E-state index >= 15 is 0 Å². The van der Waals surface area contributed by atoms with Crippen LogP contribution < -0.4 is 11.1 Å². The van der Waals surface area contributed by atoms with Crippen molar-refractivity contribution in [3.05, 3.63) is 0 Å². The van der Waals surface area contributed by atoms with Crippen molar-refractivity contribution < 1.29 is 5.21 Å². The van der Waals surface area contributed by atoms with Crippen molar-refractivity contribution in [2.24, 2.45) is 22.2 Å². The number of oxime groups is 1. The van der Waals surface area contributed by atoms with Crippen molar-refractivity contribution in [2.75, 3.05) is 13.1 Å². The van der Waals surface area contributed by atoms with Crippen molar-refractivity contribution in [1.82, 2.24) is 5.32 Å². The highest BCUT2D eigenvalue weighted by molar-refractivity contribution is 5.79. The monoisotopic (exact) mass is 199 g/mol. The highest BCUT2D eigenvalue weighted by atomic mass is 16.4. The summed E-state index contributed by atoms with van der Waals surface area (Å²) in [6, 6.07) is 0. The second-order valence-electron chi connectivity index (χ2n) is 4.79. The van der Waals surface area contributed by atoms with E-state index in [1.54, 1.807) is 0 Å². The highest BCUT2D eigenvalue weighted by Crippen LogP contribution is 2.50. The van der Waals surface area contributed by atoms with Crippen molar-refractivity contribution in [1.29, 1.82) is 0 Å². The molecule has 0 saturated heterocycles. The summed E-state index contributed by atoms with van der Waals surface area (Å²) in [5.41, 5.74) is 5.90. The zero-order valence-electron chi connectivity index (χ0n) is 9.08. The fourth-order valence-electron chi connectivity index (χ4n) is 1.65. The number of nitrogens with two attached hydrogens (primary N) is 1. The van der Waals surface area contributed by atoms with Gasteiger partial charge in [0.05, 0.1) is 0 Å². The number of nitrogens with zero attached hydrogens (tertiary/aromatic N) is 1. The predicted octanol–water partition coefficient (Wildman–Crippen LogP) is 1.15. The van der Waals surface area contributed by atoms with Gasteiger partial charge in [0.2, 0.25) is 0 Å². The second kappa shape index (κ2) is 4.64. The van der Waals surface area contributed by atoms with Gasteiger partial charge in [0.1, 0.15) is 5.84 Å². The lowest BCUT2D eigenvalue weighted by molar-refractivity contribution is 0.316. The number of hydrogen-bond donors (Lipinski definition) is 3. The Morgan fingerprint density at radius 2 is 2.29 bits per heavy atom. The van der Waals surface area contributed by atoms with Crippen LogP contribution in [-0.2, 0) is 0 Å². The fraction of sp³-hybridized carbons (Fsp3) is 0.900. The minimum atomic E-state index is 0.318. The van der Waals surface area contributed by atoms with Crippen molar-refractivity contribution in [3.63, 3.8) is 0 Å². The topological polar surface area (TPSA) is 70.6 Å². The molecule has 0 aromatic carbocycles. The summed E-state index contributed by atoms with van der Waals surface area (Å²) < 4.78 is 0. The molecule has 4 heteroatoms. The number of nitrogens with one attached hydrogen (secondary N) is 1. The Balaban J connectivity index is 1.91. The Hall–Kier alpha value is -0.770. The average molecular weight is 199 g/mol. The third kappa shape index (κ3) is 3.54.